The fourth-order valence-electron chi connectivity index (χ4n) is 1.90. The maximum Gasteiger partial charge on any atom is 0.258 e. The van der Waals surface area contributed by atoms with E-state index in [1.165, 1.54) is 0 Å². The molecule has 0 atom stereocenters. The molecule has 0 fully saturated rings. The van der Waals surface area contributed by atoms with Crippen molar-refractivity contribution in [2.45, 2.75) is 0 Å². The van der Waals surface area contributed by atoms with Gasteiger partial charge in [0.25, 0.3) is 5.89 Å². The molecule has 100 valence electrons. The van der Waals surface area contributed by atoms with Crippen molar-refractivity contribution in [3.05, 3.63) is 53.6 Å². The molecule has 5 heteroatoms. The Morgan fingerprint density at radius 3 is 2.75 bits per heavy atom. The third-order valence-corrected chi connectivity index (χ3v) is 3.08. The summed E-state index contributed by atoms with van der Waals surface area (Å²) in [7, 11) is 1.61. The molecule has 1 aromatic heterocycles. The molecular weight excluding hydrogens is 276 g/mol. The van der Waals surface area contributed by atoms with Crippen LogP contribution in [-0.4, -0.2) is 17.3 Å². The van der Waals surface area contributed by atoms with Crippen LogP contribution in [0.2, 0.25) is 5.02 Å². The Hall–Kier alpha value is -2.33. The molecule has 0 bridgehead atoms. The summed E-state index contributed by atoms with van der Waals surface area (Å²) in [5.74, 6) is 1.61. The van der Waals surface area contributed by atoms with Gasteiger partial charge in [-0.15, -0.1) is 0 Å². The second-order valence-corrected chi connectivity index (χ2v) is 4.57. The van der Waals surface area contributed by atoms with Crippen LogP contribution in [0.5, 0.6) is 5.75 Å². The van der Waals surface area contributed by atoms with Crippen LogP contribution in [0.25, 0.3) is 22.8 Å². The summed E-state index contributed by atoms with van der Waals surface area (Å²) in [6.07, 6.45) is 0. The number of rotatable bonds is 3. The normalized spacial score (nSPS) is 10.5. The Morgan fingerprint density at radius 1 is 1.10 bits per heavy atom. The number of para-hydroxylation sites is 1. The zero-order valence-corrected chi connectivity index (χ0v) is 11.5. The largest absolute Gasteiger partial charge is 0.496 e. The molecule has 0 saturated carbocycles. The maximum absolute atomic E-state index is 5.96. The number of benzene rings is 2. The lowest BCUT2D eigenvalue weighted by Crippen LogP contribution is -1.88. The third-order valence-electron chi connectivity index (χ3n) is 2.85. The first-order valence-electron chi connectivity index (χ1n) is 6.01. The van der Waals surface area contributed by atoms with Gasteiger partial charge in [-0.05, 0) is 30.3 Å². The highest BCUT2D eigenvalue weighted by Gasteiger charge is 2.14. The van der Waals surface area contributed by atoms with E-state index in [4.69, 9.17) is 20.9 Å². The number of methoxy groups -OCH3 is 1. The third kappa shape index (κ3) is 2.38. The van der Waals surface area contributed by atoms with Gasteiger partial charge in [0.05, 0.1) is 12.7 Å². The molecule has 3 rings (SSSR count). The topological polar surface area (TPSA) is 48.2 Å². The molecule has 0 saturated heterocycles. The zero-order valence-electron chi connectivity index (χ0n) is 10.7. The Balaban J connectivity index is 2.02. The predicted molar refractivity (Wildman–Crippen MR) is 76.7 cm³/mol. The average molecular weight is 287 g/mol. The molecule has 0 N–H and O–H groups in total. The molecule has 2 aromatic carbocycles. The molecule has 1 heterocycles. The van der Waals surface area contributed by atoms with E-state index < -0.39 is 0 Å². The molecule has 0 unspecified atom stereocenters. The lowest BCUT2D eigenvalue weighted by atomic mass is 10.2. The highest BCUT2D eigenvalue weighted by atomic mass is 35.5. The van der Waals surface area contributed by atoms with Crippen molar-refractivity contribution < 1.29 is 9.26 Å². The van der Waals surface area contributed by atoms with Crippen molar-refractivity contribution in [1.82, 2.24) is 10.1 Å². The molecule has 20 heavy (non-hydrogen) atoms. The van der Waals surface area contributed by atoms with E-state index in [0.717, 1.165) is 11.1 Å². The van der Waals surface area contributed by atoms with Crippen molar-refractivity contribution >= 4 is 11.6 Å². The van der Waals surface area contributed by atoms with E-state index >= 15 is 0 Å². The monoisotopic (exact) mass is 286 g/mol. The summed E-state index contributed by atoms with van der Waals surface area (Å²) >= 11 is 5.96. The van der Waals surface area contributed by atoms with E-state index in [0.29, 0.717) is 22.5 Å². The number of hydrogen-bond acceptors (Lipinski definition) is 4. The van der Waals surface area contributed by atoms with Crippen LogP contribution in [0.3, 0.4) is 0 Å². The summed E-state index contributed by atoms with van der Waals surface area (Å²) in [6.45, 7) is 0. The molecule has 0 radical (unpaired) electrons. The van der Waals surface area contributed by atoms with Crippen LogP contribution < -0.4 is 4.74 Å². The van der Waals surface area contributed by atoms with E-state index in [1.54, 1.807) is 19.2 Å². The Morgan fingerprint density at radius 2 is 1.95 bits per heavy atom. The van der Waals surface area contributed by atoms with Crippen molar-refractivity contribution in [2.24, 2.45) is 0 Å². The second-order valence-electron chi connectivity index (χ2n) is 4.13. The minimum atomic E-state index is 0.424. The van der Waals surface area contributed by atoms with Crippen LogP contribution in [0.4, 0.5) is 0 Å². The minimum absolute atomic E-state index is 0.424. The molecular formula is C15H11ClN2O2. The fraction of sp³-hybridized carbons (Fsp3) is 0.0667. The molecule has 3 aromatic rings. The zero-order chi connectivity index (χ0) is 13.9. The van der Waals surface area contributed by atoms with Crippen molar-refractivity contribution in [1.29, 1.82) is 0 Å². The summed E-state index contributed by atoms with van der Waals surface area (Å²) in [6, 6.07) is 14.8. The first kappa shape index (κ1) is 12.7. The number of hydrogen-bond donors (Lipinski definition) is 0. The summed E-state index contributed by atoms with van der Waals surface area (Å²) in [5, 5.41) is 4.62. The maximum atomic E-state index is 5.96. The molecule has 0 spiro atoms. The fourth-order valence-corrected chi connectivity index (χ4v) is 2.09. The van der Waals surface area contributed by atoms with E-state index in [2.05, 4.69) is 10.1 Å². The van der Waals surface area contributed by atoms with Gasteiger partial charge < -0.3 is 9.26 Å². The minimum Gasteiger partial charge on any atom is -0.496 e. The predicted octanol–water partition coefficient (Wildman–Crippen LogP) is 4.07. The van der Waals surface area contributed by atoms with Gasteiger partial charge in [-0.25, -0.2) is 0 Å². The van der Waals surface area contributed by atoms with Crippen LogP contribution in [0.15, 0.2) is 53.1 Å². The number of aromatic nitrogens is 2. The Kier molecular flexibility index (Phi) is 3.39. The van der Waals surface area contributed by atoms with Crippen LogP contribution >= 0.6 is 11.6 Å². The van der Waals surface area contributed by atoms with Crippen LogP contribution in [-0.2, 0) is 0 Å². The van der Waals surface area contributed by atoms with Gasteiger partial charge in [0.2, 0.25) is 5.82 Å². The molecule has 0 amide bonds. The molecule has 0 aliphatic heterocycles. The quantitative estimate of drug-likeness (QED) is 0.728. The summed E-state index contributed by atoms with van der Waals surface area (Å²) in [4.78, 5) is 4.38. The van der Waals surface area contributed by atoms with Gasteiger partial charge in [-0.3, -0.25) is 0 Å². The van der Waals surface area contributed by atoms with Crippen LogP contribution in [0, 0.1) is 0 Å². The van der Waals surface area contributed by atoms with Gasteiger partial charge >= 0.3 is 0 Å². The number of ether oxygens (including phenoxy) is 1. The first-order chi connectivity index (χ1) is 9.78. The molecule has 4 nitrogen and oxygen atoms in total. The number of halogens is 1. The average Bonchev–Trinajstić information content (AvgIpc) is 2.97. The number of nitrogens with zero attached hydrogens (tertiary/aromatic N) is 2. The van der Waals surface area contributed by atoms with Crippen molar-refractivity contribution in [2.75, 3.05) is 7.11 Å². The first-order valence-corrected chi connectivity index (χ1v) is 6.39. The highest BCUT2D eigenvalue weighted by Crippen LogP contribution is 2.29. The van der Waals surface area contributed by atoms with E-state index in [-0.39, 0.29) is 0 Å². The Bertz CT molecular complexity index is 740. The summed E-state index contributed by atoms with van der Waals surface area (Å²) < 4.78 is 10.6. The Labute approximate surface area is 121 Å². The standard InChI is InChI=1S/C15H11ClN2O2/c1-19-13-8-3-2-7-12(13)14-17-15(20-18-14)10-5-4-6-11(16)9-10/h2-9H,1H3. The lowest BCUT2D eigenvalue weighted by molar-refractivity contribution is 0.413. The summed E-state index contributed by atoms with van der Waals surface area (Å²) in [5.41, 5.74) is 1.57. The van der Waals surface area contributed by atoms with Gasteiger partial charge in [-0.1, -0.05) is 35.0 Å². The van der Waals surface area contributed by atoms with Crippen molar-refractivity contribution in [3.8, 4) is 28.6 Å². The van der Waals surface area contributed by atoms with Crippen molar-refractivity contribution in [3.63, 3.8) is 0 Å². The van der Waals surface area contributed by atoms with Gasteiger partial charge in [0.15, 0.2) is 0 Å². The van der Waals surface area contributed by atoms with E-state index in [1.807, 2.05) is 36.4 Å². The highest BCUT2D eigenvalue weighted by molar-refractivity contribution is 6.30. The smallest absolute Gasteiger partial charge is 0.258 e. The van der Waals surface area contributed by atoms with Gasteiger partial charge in [0, 0.05) is 10.6 Å². The van der Waals surface area contributed by atoms with Gasteiger partial charge in [-0.2, -0.15) is 4.98 Å². The molecule has 0 aliphatic rings. The second kappa shape index (κ2) is 5.35. The SMILES string of the molecule is COc1ccccc1-c1noc(-c2cccc(Cl)c2)n1. The molecule has 0 aliphatic carbocycles. The van der Waals surface area contributed by atoms with E-state index in [9.17, 15) is 0 Å². The van der Waals surface area contributed by atoms with Crippen LogP contribution in [0.1, 0.15) is 0 Å². The van der Waals surface area contributed by atoms with Gasteiger partial charge in [0.1, 0.15) is 5.75 Å². The lowest BCUT2D eigenvalue weighted by Gasteiger charge is -2.03.